The lowest BCUT2D eigenvalue weighted by Crippen LogP contribution is -2.32. The molecule has 3 nitrogen and oxygen atoms in total. The first kappa shape index (κ1) is 15.9. The van der Waals surface area contributed by atoms with Crippen LogP contribution in [0, 0.1) is 0 Å². The molecule has 0 aliphatic carbocycles. The van der Waals surface area contributed by atoms with Crippen LogP contribution in [0.15, 0.2) is 16.8 Å². The fraction of sp³-hybridized carbons (Fsp3) is 0.667. The Bertz CT molecular complexity index is 422. The van der Waals surface area contributed by atoms with Gasteiger partial charge in [-0.2, -0.15) is 23.1 Å². The first-order valence-electron chi connectivity index (χ1n) is 7.28. The van der Waals surface area contributed by atoms with Crippen LogP contribution in [0.5, 0.6) is 0 Å². The molecule has 3 unspecified atom stereocenters. The maximum absolute atomic E-state index is 12.6. The lowest BCUT2D eigenvalue weighted by Gasteiger charge is -2.24. The molecule has 1 aliphatic heterocycles. The molecule has 0 saturated carbocycles. The molecule has 2 heterocycles. The second-order valence-electron chi connectivity index (χ2n) is 5.33. The van der Waals surface area contributed by atoms with E-state index in [0.717, 1.165) is 25.8 Å². The van der Waals surface area contributed by atoms with E-state index >= 15 is 0 Å². The van der Waals surface area contributed by atoms with Gasteiger partial charge in [0.15, 0.2) is 0 Å². The van der Waals surface area contributed by atoms with Crippen LogP contribution >= 0.6 is 23.1 Å². The van der Waals surface area contributed by atoms with E-state index in [-0.39, 0.29) is 18.1 Å². The molecule has 0 bridgehead atoms. The molecular formula is C15H24N2OS2. The molecular weight excluding hydrogens is 288 g/mol. The average molecular weight is 313 g/mol. The molecule has 112 valence electrons. The van der Waals surface area contributed by atoms with Crippen LogP contribution in [0.4, 0.5) is 0 Å². The van der Waals surface area contributed by atoms with Crippen molar-refractivity contribution in [1.82, 2.24) is 10.2 Å². The zero-order valence-corrected chi connectivity index (χ0v) is 14.1. The first-order chi connectivity index (χ1) is 9.67. The number of thioether (sulfide) groups is 1. The number of amides is 1. The minimum atomic E-state index is -0.00511. The molecule has 1 amide bonds. The van der Waals surface area contributed by atoms with Gasteiger partial charge in [0, 0.05) is 11.8 Å². The fourth-order valence-corrected chi connectivity index (χ4v) is 3.58. The minimum Gasteiger partial charge on any atom is -0.321 e. The Kier molecular flexibility index (Phi) is 5.93. The molecule has 3 atom stereocenters. The van der Waals surface area contributed by atoms with Crippen molar-refractivity contribution >= 4 is 29.0 Å². The van der Waals surface area contributed by atoms with Crippen LogP contribution in [0.1, 0.15) is 44.8 Å². The van der Waals surface area contributed by atoms with Crippen molar-refractivity contribution in [2.75, 3.05) is 12.8 Å². The third kappa shape index (κ3) is 3.57. The third-order valence-corrected chi connectivity index (χ3v) is 5.61. The van der Waals surface area contributed by atoms with Crippen LogP contribution in [0.3, 0.4) is 0 Å². The lowest BCUT2D eigenvalue weighted by atomic mass is 10.1. The van der Waals surface area contributed by atoms with Gasteiger partial charge in [0.1, 0.15) is 6.17 Å². The summed E-state index contributed by atoms with van der Waals surface area (Å²) in [5, 5.41) is 8.33. The van der Waals surface area contributed by atoms with Crippen LogP contribution < -0.4 is 5.32 Å². The number of carbonyl (C=O) groups is 1. The summed E-state index contributed by atoms with van der Waals surface area (Å²) < 4.78 is 0. The summed E-state index contributed by atoms with van der Waals surface area (Å²) in [6.45, 7) is 5.20. The summed E-state index contributed by atoms with van der Waals surface area (Å²) >= 11 is 3.55. The van der Waals surface area contributed by atoms with E-state index in [4.69, 9.17) is 0 Å². The Labute approximate surface area is 130 Å². The number of carbonyl (C=O) groups excluding carboxylic acids is 1. The van der Waals surface area contributed by atoms with E-state index < -0.39 is 0 Å². The van der Waals surface area contributed by atoms with E-state index in [0.29, 0.717) is 5.25 Å². The summed E-state index contributed by atoms with van der Waals surface area (Å²) in [4.78, 5) is 14.6. The Morgan fingerprint density at radius 1 is 1.55 bits per heavy atom. The predicted molar refractivity (Wildman–Crippen MR) is 88.2 cm³/mol. The zero-order valence-electron chi connectivity index (χ0n) is 12.5. The molecule has 1 aromatic heterocycles. The van der Waals surface area contributed by atoms with Crippen LogP contribution in [0.2, 0.25) is 0 Å². The van der Waals surface area contributed by atoms with Crippen molar-refractivity contribution in [3.8, 4) is 0 Å². The van der Waals surface area contributed by atoms with Gasteiger partial charge in [0.2, 0.25) is 5.91 Å². The zero-order chi connectivity index (χ0) is 14.5. The van der Waals surface area contributed by atoms with Gasteiger partial charge in [-0.25, -0.2) is 0 Å². The quantitative estimate of drug-likeness (QED) is 0.836. The van der Waals surface area contributed by atoms with Gasteiger partial charge >= 0.3 is 0 Å². The van der Waals surface area contributed by atoms with Gasteiger partial charge < -0.3 is 4.90 Å². The van der Waals surface area contributed by atoms with Gasteiger partial charge in [0.05, 0.1) is 6.04 Å². The van der Waals surface area contributed by atoms with E-state index in [1.165, 1.54) is 5.56 Å². The van der Waals surface area contributed by atoms with Crippen molar-refractivity contribution in [3.63, 3.8) is 0 Å². The topological polar surface area (TPSA) is 32.3 Å². The molecule has 5 heteroatoms. The van der Waals surface area contributed by atoms with Crippen molar-refractivity contribution in [1.29, 1.82) is 0 Å². The summed E-state index contributed by atoms with van der Waals surface area (Å²) in [7, 11) is 0. The van der Waals surface area contributed by atoms with Gasteiger partial charge in [0.25, 0.3) is 0 Å². The van der Waals surface area contributed by atoms with Gasteiger partial charge in [-0.15, -0.1) is 0 Å². The van der Waals surface area contributed by atoms with Crippen molar-refractivity contribution < 1.29 is 4.79 Å². The van der Waals surface area contributed by atoms with Crippen LogP contribution in [-0.2, 0) is 4.79 Å². The highest BCUT2D eigenvalue weighted by molar-refractivity contribution is 7.99. The highest BCUT2D eigenvalue weighted by Crippen LogP contribution is 2.29. The summed E-state index contributed by atoms with van der Waals surface area (Å²) in [6, 6.07) is 2.11. The maximum Gasteiger partial charge on any atom is 0.241 e. The second kappa shape index (κ2) is 7.48. The maximum atomic E-state index is 12.6. The average Bonchev–Trinajstić information content (AvgIpc) is 3.06. The molecule has 0 aromatic carbocycles. The van der Waals surface area contributed by atoms with Crippen LogP contribution in [0.25, 0.3) is 0 Å². The Balaban J connectivity index is 2.08. The Morgan fingerprint density at radius 3 is 2.95 bits per heavy atom. The van der Waals surface area contributed by atoms with E-state index in [1.54, 1.807) is 11.3 Å². The number of rotatable bonds is 7. The molecule has 1 saturated heterocycles. The van der Waals surface area contributed by atoms with E-state index in [2.05, 4.69) is 42.2 Å². The van der Waals surface area contributed by atoms with Crippen molar-refractivity contribution in [3.05, 3.63) is 22.4 Å². The first-order valence-corrected chi connectivity index (χ1v) is 9.51. The highest BCUT2D eigenvalue weighted by Gasteiger charge is 2.38. The van der Waals surface area contributed by atoms with E-state index in [9.17, 15) is 4.79 Å². The highest BCUT2D eigenvalue weighted by atomic mass is 32.2. The lowest BCUT2D eigenvalue weighted by molar-refractivity contribution is -0.130. The predicted octanol–water partition coefficient (Wildman–Crippen LogP) is 3.49. The fourth-order valence-electron chi connectivity index (χ4n) is 2.56. The molecule has 1 fully saturated rings. The van der Waals surface area contributed by atoms with Crippen molar-refractivity contribution in [2.24, 2.45) is 0 Å². The van der Waals surface area contributed by atoms with Gasteiger partial charge in [-0.1, -0.05) is 20.3 Å². The van der Waals surface area contributed by atoms with Crippen LogP contribution in [-0.4, -0.2) is 34.9 Å². The number of thiophene rings is 1. The van der Waals surface area contributed by atoms with Gasteiger partial charge in [-0.05, 0) is 41.5 Å². The Morgan fingerprint density at radius 2 is 2.35 bits per heavy atom. The smallest absolute Gasteiger partial charge is 0.241 e. The van der Waals surface area contributed by atoms with E-state index in [1.807, 2.05) is 16.7 Å². The number of hydrogen-bond donors (Lipinski definition) is 1. The summed E-state index contributed by atoms with van der Waals surface area (Å²) in [5.74, 6) is 0.274. The summed E-state index contributed by atoms with van der Waals surface area (Å²) in [5.41, 5.74) is 1.22. The summed E-state index contributed by atoms with van der Waals surface area (Å²) in [6.07, 6.45) is 5.21. The second-order valence-corrected chi connectivity index (χ2v) is 7.39. The number of hydrogen-bond acceptors (Lipinski definition) is 4. The third-order valence-electron chi connectivity index (χ3n) is 3.87. The normalized spacial score (nSPS) is 24.4. The standard InChI is InChI=1S/C15H24N2OS2/c1-4-5-13-15(18)17(8-6-11(2)19-3)14(16-13)12-7-9-20-10-12/h7,9-11,13-14,16H,4-6,8H2,1-3H3. The molecule has 0 spiro atoms. The minimum absolute atomic E-state index is 0.00511. The molecule has 1 aliphatic rings. The molecule has 1 aromatic rings. The monoisotopic (exact) mass is 312 g/mol. The number of nitrogens with zero attached hydrogens (tertiary/aromatic N) is 1. The van der Waals surface area contributed by atoms with Crippen molar-refractivity contribution in [2.45, 2.75) is 50.6 Å². The number of nitrogens with one attached hydrogen (secondary N) is 1. The largest absolute Gasteiger partial charge is 0.321 e. The Hall–Kier alpha value is -0.520. The molecule has 0 radical (unpaired) electrons. The molecule has 1 N–H and O–H groups in total. The van der Waals surface area contributed by atoms with Gasteiger partial charge in [-0.3, -0.25) is 10.1 Å². The molecule has 20 heavy (non-hydrogen) atoms. The SMILES string of the molecule is CCCC1NC(c2ccsc2)N(CCC(C)SC)C1=O. The molecule has 2 rings (SSSR count).